The number of carbonyl (C=O) groups excluding carboxylic acids is 2. The molecule has 0 saturated carbocycles. The van der Waals surface area contributed by atoms with Crippen molar-refractivity contribution in [1.82, 2.24) is 4.98 Å². The SMILES string of the molecule is N[C@H]1CCc2c(ccc(NC(=O)c3cnc(Cl)c(Cl)c3)c2C=O)C1. The van der Waals surface area contributed by atoms with Crippen molar-refractivity contribution in [2.24, 2.45) is 5.73 Å². The lowest BCUT2D eigenvalue weighted by Gasteiger charge is -2.24. The Balaban J connectivity index is 1.91. The summed E-state index contributed by atoms with van der Waals surface area (Å²) in [7, 11) is 0. The average Bonchev–Trinajstić information content (AvgIpc) is 2.57. The van der Waals surface area contributed by atoms with Gasteiger partial charge in [0.1, 0.15) is 5.15 Å². The van der Waals surface area contributed by atoms with Crippen molar-refractivity contribution in [3.63, 3.8) is 0 Å². The topological polar surface area (TPSA) is 85.1 Å². The minimum Gasteiger partial charge on any atom is -0.327 e. The summed E-state index contributed by atoms with van der Waals surface area (Å²) in [4.78, 5) is 27.8. The van der Waals surface area contributed by atoms with Gasteiger partial charge in [0.25, 0.3) is 5.91 Å². The maximum atomic E-state index is 12.4. The number of aldehydes is 1. The predicted octanol–water partition coefficient (Wildman–Crippen LogP) is 3.27. The number of aromatic nitrogens is 1. The predicted molar refractivity (Wildman–Crippen MR) is 94.0 cm³/mol. The summed E-state index contributed by atoms with van der Waals surface area (Å²) < 4.78 is 0. The number of hydrogen-bond donors (Lipinski definition) is 2. The molecule has 1 aliphatic rings. The number of carbonyl (C=O) groups is 2. The van der Waals surface area contributed by atoms with Crippen LogP contribution >= 0.6 is 23.2 Å². The average molecular weight is 364 g/mol. The number of anilines is 1. The fourth-order valence-electron chi connectivity index (χ4n) is 2.89. The molecule has 0 bridgehead atoms. The summed E-state index contributed by atoms with van der Waals surface area (Å²) >= 11 is 11.6. The first-order chi connectivity index (χ1) is 11.5. The molecule has 7 heteroatoms. The van der Waals surface area contributed by atoms with Crippen molar-refractivity contribution in [1.29, 1.82) is 0 Å². The lowest BCUT2D eigenvalue weighted by Crippen LogP contribution is -2.28. The van der Waals surface area contributed by atoms with Gasteiger partial charge in [-0.3, -0.25) is 9.59 Å². The van der Waals surface area contributed by atoms with Crippen LogP contribution in [0.5, 0.6) is 0 Å². The Morgan fingerprint density at radius 2 is 2.17 bits per heavy atom. The van der Waals surface area contributed by atoms with E-state index in [0.717, 1.165) is 36.7 Å². The molecule has 1 heterocycles. The zero-order valence-corrected chi connectivity index (χ0v) is 14.2. The molecule has 0 unspecified atom stereocenters. The van der Waals surface area contributed by atoms with E-state index in [-0.39, 0.29) is 21.8 Å². The molecule has 1 aromatic heterocycles. The first-order valence-electron chi connectivity index (χ1n) is 7.47. The van der Waals surface area contributed by atoms with E-state index in [0.29, 0.717) is 11.3 Å². The number of halogens is 2. The summed E-state index contributed by atoms with van der Waals surface area (Å²) in [5.74, 6) is -0.406. The van der Waals surface area contributed by atoms with Crippen LogP contribution in [-0.2, 0) is 12.8 Å². The molecule has 0 radical (unpaired) electrons. The van der Waals surface area contributed by atoms with Gasteiger partial charge < -0.3 is 11.1 Å². The first-order valence-corrected chi connectivity index (χ1v) is 8.23. The number of hydrogen-bond acceptors (Lipinski definition) is 4. The van der Waals surface area contributed by atoms with Crippen LogP contribution in [0.2, 0.25) is 10.2 Å². The Morgan fingerprint density at radius 1 is 1.38 bits per heavy atom. The van der Waals surface area contributed by atoms with E-state index in [1.807, 2.05) is 6.07 Å². The molecule has 1 aliphatic carbocycles. The third kappa shape index (κ3) is 3.29. The minimum absolute atomic E-state index is 0.111. The smallest absolute Gasteiger partial charge is 0.257 e. The van der Waals surface area contributed by atoms with Crippen molar-refractivity contribution in [3.05, 3.63) is 56.8 Å². The number of nitrogens with zero attached hydrogens (tertiary/aromatic N) is 1. The molecule has 3 rings (SSSR count). The third-order valence-corrected chi connectivity index (χ3v) is 4.81. The fourth-order valence-corrected chi connectivity index (χ4v) is 3.16. The van der Waals surface area contributed by atoms with Gasteiger partial charge in [0.2, 0.25) is 0 Å². The van der Waals surface area contributed by atoms with Crippen molar-refractivity contribution in [2.75, 3.05) is 5.32 Å². The fraction of sp³-hybridized carbons (Fsp3) is 0.235. The Bertz CT molecular complexity index is 824. The molecule has 0 aliphatic heterocycles. The van der Waals surface area contributed by atoms with E-state index in [1.165, 1.54) is 12.3 Å². The Hall–Kier alpha value is -1.95. The molecule has 124 valence electrons. The highest BCUT2D eigenvalue weighted by Gasteiger charge is 2.21. The number of benzene rings is 1. The molecular formula is C17H15Cl2N3O2. The largest absolute Gasteiger partial charge is 0.327 e. The standard InChI is InChI=1S/C17H15Cl2N3O2/c18-14-6-10(7-21-16(14)19)17(24)22-15-4-1-9-5-11(20)2-3-12(9)13(15)8-23/h1,4,6-8,11H,2-3,5,20H2,(H,22,24)/t11-/m0/s1. The molecule has 3 N–H and O–H groups in total. The van der Waals surface area contributed by atoms with Crippen LogP contribution in [0.1, 0.15) is 38.3 Å². The maximum absolute atomic E-state index is 12.4. The monoisotopic (exact) mass is 363 g/mol. The van der Waals surface area contributed by atoms with E-state index in [9.17, 15) is 9.59 Å². The molecule has 2 aromatic rings. The second-order valence-corrected chi connectivity index (χ2v) is 6.50. The van der Waals surface area contributed by atoms with Crippen molar-refractivity contribution in [2.45, 2.75) is 25.3 Å². The number of fused-ring (bicyclic) bond motifs is 1. The molecule has 0 saturated heterocycles. The van der Waals surface area contributed by atoms with E-state index in [4.69, 9.17) is 28.9 Å². The molecular weight excluding hydrogens is 349 g/mol. The van der Waals surface area contributed by atoms with Gasteiger partial charge in [-0.05, 0) is 42.5 Å². The van der Waals surface area contributed by atoms with Crippen LogP contribution in [0.4, 0.5) is 5.69 Å². The van der Waals surface area contributed by atoms with Crippen molar-refractivity contribution < 1.29 is 9.59 Å². The highest BCUT2D eigenvalue weighted by Crippen LogP contribution is 2.29. The number of nitrogens with one attached hydrogen (secondary N) is 1. The van der Waals surface area contributed by atoms with Crippen LogP contribution in [0, 0.1) is 0 Å². The first kappa shape index (κ1) is 16.9. The molecule has 5 nitrogen and oxygen atoms in total. The number of nitrogens with two attached hydrogens (primary N) is 1. The lowest BCUT2D eigenvalue weighted by atomic mass is 9.85. The van der Waals surface area contributed by atoms with Gasteiger partial charge in [0.15, 0.2) is 6.29 Å². The van der Waals surface area contributed by atoms with Crippen LogP contribution in [0.25, 0.3) is 0 Å². The summed E-state index contributed by atoms with van der Waals surface area (Å²) in [6, 6.07) is 5.18. The number of amides is 1. The Labute approximate surface area is 149 Å². The highest BCUT2D eigenvalue weighted by atomic mass is 35.5. The van der Waals surface area contributed by atoms with E-state index >= 15 is 0 Å². The Kier molecular flexibility index (Phi) is 4.85. The quantitative estimate of drug-likeness (QED) is 0.647. The Morgan fingerprint density at radius 3 is 2.88 bits per heavy atom. The van der Waals surface area contributed by atoms with E-state index in [1.54, 1.807) is 6.07 Å². The van der Waals surface area contributed by atoms with Gasteiger partial charge in [-0.2, -0.15) is 0 Å². The van der Waals surface area contributed by atoms with Gasteiger partial charge in [-0.25, -0.2) is 4.98 Å². The zero-order chi connectivity index (χ0) is 17.3. The minimum atomic E-state index is -0.406. The second kappa shape index (κ2) is 6.89. The van der Waals surface area contributed by atoms with E-state index < -0.39 is 5.91 Å². The molecule has 1 aromatic carbocycles. The molecule has 24 heavy (non-hydrogen) atoms. The third-order valence-electron chi connectivity index (χ3n) is 4.13. The summed E-state index contributed by atoms with van der Waals surface area (Å²) in [6.45, 7) is 0. The molecule has 1 amide bonds. The van der Waals surface area contributed by atoms with E-state index in [2.05, 4.69) is 10.3 Å². The summed E-state index contributed by atoms with van der Waals surface area (Å²) in [6.07, 6.45) is 4.39. The zero-order valence-electron chi connectivity index (χ0n) is 12.7. The van der Waals surface area contributed by atoms with Gasteiger partial charge in [-0.1, -0.05) is 29.3 Å². The van der Waals surface area contributed by atoms with Crippen LogP contribution in [0.15, 0.2) is 24.4 Å². The van der Waals surface area contributed by atoms with Gasteiger partial charge in [-0.15, -0.1) is 0 Å². The van der Waals surface area contributed by atoms with Gasteiger partial charge >= 0.3 is 0 Å². The van der Waals surface area contributed by atoms with Crippen molar-refractivity contribution >= 4 is 41.1 Å². The number of pyridine rings is 1. The number of rotatable bonds is 3. The maximum Gasteiger partial charge on any atom is 0.257 e. The normalized spacial score (nSPS) is 16.4. The van der Waals surface area contributed by atoms with Crippen LogP contribution in [0.3, 0.4) is 0 Å². The molecule has 1 atom stereocenters. The molecule has 0 spiro atoms. The van der Waals surface area contributed by atoms with Gasteiger partial charge in [0.05, 0.1) is 16.3 Å². The van der Waals surface area contributed by atoms with Crippen LogP contribution < -0.4 is 11.1 Å². The second-order valence-electron chi connectivity index (χ2n) is 5.74. The summed E-state index contributed by atoms with van der Waals surface area (Å²) in [5.41, 5.74) is 9.22. The summed E-state index contributed by atoms with van der Waals surface area (Å²) in [5, 5.41) is 3.07. The lowest BCUT2D eigenvalue weighted by molar-refractivity contribution is 0.102. The highest BCUT2D eigenvalue weighted by molar-refractivity contribution is 6.41. The van der Waals surface area contributed by atoms with Gasteiger partial charge in [0, 0.05) is 17.8 Å². The van der Waals surface area contributed by atoms with Crippen molar-refractivity contribution in [3.8, 4) is 0 Å². The molecule has 0 fully saturated rings. The van der Waals surface area contributed by atoms with Crippen LogP contribution in [-0.4, -0.2) is 23.2 Å².